The van der Waals surface area contributed by atoms with E-state index in [4.69, 9.17) is 21.3 Å². The number of amides is 1. The number of ether oxygens (including phenoxy) is 1. The fraction of sp³-hybridized carbons (Fsp3) is 0.364. The summed E-state index contributed by atoms with van der Waals surface area (Å²) in [4.78, 5) is 18.9. The molecule has 0 spiro atoms. The molecule has 3 aromatic rings. The van der Waals surface area contributed by atoms with Crippen molar-refractivity contribution in [2.45, 2.75) is 39.3 Å². The first kappa shape index (κ1) is 18.8. The van der Waals surface area contributed by atoms with E-state index in [9.17, 15) is 4.79 Å². The van der Waals surface area contributed by atoms with Crippen molar-refractivity contribution >= 4 is 28.5 Å². The van der Waals surface area contributed by atoms with Crippen LogP contribution in [-0.4, -0.2) is 33.5 Å². The topological polar surface area (TPSA) is 47.4 Å². The lowest BCUT2D eigenvalue weighted by Gasteiger charge is -2.24. The number of hydrogen-bond acceptors (Lipinski definition) is 3. The number of carbonyl (C=O) groups excluding carboxylic acids is 1. The minimum absolute atomic E-state index is 0.0303. The van der Waals surface area contributed by atoms with Crippen LogP contribution in [0, 0.1) is 6.92 Å². The largest absolute Gasteiger partial charge is 0.492 e. The third-order valence-corrected chi connectivity index (χ3v) is 5.78. The van der Waals surface area contributed by atoms with E-state index in [-0.39, 0.29) is 11.9 Å². The molecular formula is C22H24ClN3O2. The number of benzene rings is 2. The van der Waals surface area contributed by atoms with Crippen molar-refractivity contribution < 1.29 is 9.53 Å². The molecule has 0 N–H and O–H groups in total. The Morgan fingerprint density at radius 2 is 2.11 bits per heavy atom. The molecule has 1 fully saturated rings. The molecular weight excluding hydrogens is 374 g/mol. The van der Waals surface area contributed by atoms with Gasteiger partial charge in [-0.25, -0.2) is 4.98 Å². The van der Waals surface area contributed by atoms with Gasteiger partial charge in [-0.15, -0.1) is 0 Å². The van der Waals surface area contributed by atoms with Gasteiger partial charge < -0.3 is 14.2 Å². The summed E-state index contributed by atoms with van der Waals surface area (Å²) < 4.78 is 8.17. The summed E-state index contributed by atoms with van der Waals surface area (Å²) in [5, 5.41) is 0.737. The maximum Gasteiger partial charge on any atom is 0.220 e. The van der Waals surface area contributed by atoms with Gasteiger partial charge in [-0.1, -0.05) is 23.7 Å². The molecule has 0 radical (unpaired) electrons. The molecule has 1 aliphatic rings. The molecule has 5 nitrogen and oxygen atoms in total. The quantitative estimate of drug-likeness (QED) is 0.623. The number of imidazole rings is 1. The van der Waals surface area contributed by atoms with Gasteiger partial charge in [-0.05, 0) is 55.7 Å². The van der Waals surface area contributed by atoms with Crippen LogP contribution in [-0.2, 0) is 11.3 Å². The lowest BCUT2D eigenvalue weighted by molar-refractivity contribution is -0.129. The summed E-state index contributed by atoms with van der Waals surface area (Å²) in [5.74, 6) is 1.86. The maximum atomic E-state index is 12.1. The Balaban J connectivity index is 1.60. The van der Waals surface area contributed by atoms with Crippen LogP contribution < -0.4 is 4.74 Å². The summed E-state index contributed by atoms with van der Waals surface area (Å²) >= 11 is 6.09. The van der Waals surface area contributed by atoms with E-state index < -0.39 is 0 Å². The monoisotopic (exact) mass is 397 g/mol. The highest BCUT2D eigenvalue weighted by Gasteiger charge is 2.32. The zero-order chi connectivity index (χ0) is 19.7. The lowest BCUT2D eigenvalue weighted by Crippen LogP contribution is -2.30. The van der Waals surface area contributed by atoms with Gasteiger partial charge in [-0.2, -0.15) is 0 Å². The van der Waals surface area contributed by atoms with Gasteiger partial charge >= 0.3 is 0 Å². The molecule has 6 heteroatoms. The average Bonchev–Trinajstić information content (AvgIpc) is 3.29. The SMILES string of the molecule is CC(=O)N1CCC[C@@H]1c1nc2ccccc2n1CCOc1ccc(Cl)c(C)c1. The Morgan fingerprint density at radius 1 is 1.29 bits per heavy atom. The van der Waals surface area contributed by atoms with E-state index in [0.717, 1.165) is 52.6 Å². The van der Waals surface area contributed by atoms with E-state index in [1.807, 2.05) is 48.2 Å². The molecule has 1 aromatic heterocycles. The Kier molecular flexibility index (Phi) is 5.27. The molecule has 0 aliphatic carbocycles. The number of halogens is 1. The van der Waals surface area contributed by atoms with Gasteiger partial charge in [0.05, 0.1) is 23.6 Å². The molecule has 146 valence electrons. The van der Waals surface area contributed by atoms with Crippen LogP contribution >= 0.6 is 11.6 Å². The van der Waals surface area contributed by atoms with Crippen LogP contribution in [0.1, 0.15) is 37.2 Å². The summed E-state index contributed by atoms with van der Waals surface area (Å²) in [6, 6.07) is 13.8. The van der Waals surface area contributed by atoms with Crippen molar-refractivity contribution in [3.05, 3.63) is 58.9 Å². The second-order valence-corrected chi connectivity index (χ2v) is 7.65. The predicted octanol–water partition coefficient (Wildman–Crippen LogP) is 4.76. The Bertz CT molecular complexity index is 1010. The molecule has 28 heavy (non-hydrogen) atoms. The van der Waals surface area contributed by atoms with E-state index in [0.29, 0.717) is 13.2 Å². The van der Waals surface area contributed by atoms with Gasteiger partial charge in [0.25, 0.3) is 0 Å². The molecule has 2 aromatic carbocycles. The fourth-order valence-corrected chi connectivity index (χ4v) is 4.07. The van der Waals surface area contributed by atoms with Crippen LogP contribution in [0.15, 0.2) is 42.5 Å². The van der Waals surface area contributed by atoms with Gasteiger partial charge in [-0.3, -0.25) is 4.79 Å². The number of para-hydroxylation sites is 2. The zero-order valence-corrected chi connectivity index (χ0v) is 16.9. The molecule has 0 bridgehead atoms. The zero-order valence-electron chi connectivity index (χ0n) is 16.2. The molecule has 4 rings (SSSR count). The Hall–Kier alpha value is -2.53. The number of hydrogen-bond donors (Lipinski definition) is 0. The molecule has 1 amide bonds. The number of likely N-dealkylation sites (tertiary alicyclic amines) is 1. The number of fused-ring (bicyclic) bond motifs is 1. The first-order valence-electron chi connectivity index (χ1n) is 9.66. The van der Waals surface area contributed by atoms with Crippen molar-refractivity contribution in [3.63, 3.8) is 0 Å². The fourth-order valence-electron chi connectivity index (χ4n) is 3.96. The maximum absolute atomic E-state index is 12.1. The second kappa shape index (κ2) is 7.84. The number of aryl methyl sites for hydroxylation is 1. The number of carbonyl (C=O) groups is 1. The van der Waals surface area contributed by atoms with Crippen molar-refractivity contribution in [1.82, 2.24) is 14.5 Å². The number of nitrogens with zero attached hydrogens (tertiary/aromatic N) is 3. The van der Waals surface area contributed by atoms with Crippen LogP contribution in [0.5, 0.6) is 5.75 Å². The minimum Gasteiger partial charge on any atom is -0.492 e. The highest BCUT2D eigenvalue weighted by Crippen LogP contribution is 2.33. The minimum atomic E-state index is 0.0303. The standard InChI is InChI=1S/C22H24ClN3O2/c1-15-14-17(9-10-18(15)23)28-13-12-26-20-7-4-3-6-19(20)24-22(26)21-8-5-11-25(21)16(2)27/h3-4,6-7,9-10,14,21H,5,8,11-13H2,1-2H3/t21-/m1/s1. The normalized spacial score (nSPS) is 16.7. The molecule has 1 atom stereocenters. The molecule has 2 heterocycles. The summed E-state index contributed by atoms with van der Waals surface area (Å²) in [6.45, 7) is 5.58. The smallest absolute Gasteiger partial charge is 0.220 e. The first-order chi connectivity index (χ1) is 13.5. The molecule has 0 saturated carbocycles. The van der Waals surface area contributed by atoms with Crippen molar-refractivity contribution in [1.29, 1.82) is 0 Å². The lowest BCUT2D eigenvalue weighted by atomic mass is 10.2. The summed E-state index contributed by atoms with van der Waals surface area (Å²) in [5.41, 5.74) is 3.02. The van der Waals surface area contributed by atoms with Gasteiger partial charge in [0.15, 0.2) is 0 Å². The van der Waals surface area contributed by atoms with Crippen LogP contribution in [0.3, 0.4) is 0 Å². The van der Waals surface area contributed by atoms with Crippen LogP contribution in [0.25, 0.3) is 11.0 Å². The summed E-state index contributed by atoms with van der Waals surface area (Å²) in [7, 11) is 0. The second-order valence-electron chi connectivity index (χ2n) is 7.24. The van der Waals surface area contributed by atoms with Crippen LogP contribution in [0.4, 0.5) is 0 Å². The number of rotatable bonds is 5. The summed E-state index contributed by atoms with van der Waals surface area (Å²) in [6.07, 6.45) is 1.95. The van der Waals surface area contributed by atoms with E-state index in [1.165, 1.54) is 0 Å². The van der Waals surface area contributed by atoms with Crippen LogP contribution in [0.2, 0.25) is 5.02 Å². The Labute approximate surface area is 169 Å². The third-order valence-electron chi connectivity index (χ3n) is 5.35. The third kappa shape index (κ3) is 3.59. The average molecular weight is 398 g/mol. The van der Waals surface area contributed by atoms with E-state index in [1.54, 1.807) is 6.92 Å². The van der Waals surface area contributed by atoms with Crippen molar-refractivity contribution in [2.75, 3.05) is 13.2 Å². The first-order valence-corrected chi connectivity index (χ1v) is 10.0. The highest BCUT2D eigenvalue weighted by molar-refractivity contribution is 6.31. The van der Waals surface area contributed by atoms with Crippen molar-refractivity contribution in [2.24, 2.45) is 0 Å². The Morgan fingerprint density at radius 3 is 2.89 bits per heavy atom. The van der Waals surface area contributed by atoms with Gasteiger partial charge in [0.1, 0.15) is 18.2 Å². The van der Waals surface area contributed by atoms with Crippen molar-refractivity contribution in [3.8, 4) is 5.75 Å². The number of aromatic nitrogens is 2. The van der Waals surface area contributed by atoms with E-state index >= 15 is 0 Å². The molecule has 1 saturated heterocycles. The van der Waals surface area contributed by atoms with Gasteiger partial charge in [0, 0.05) is 18.5 Å². The van der Waals surface area contributed by atoms with Gasteiger partial charge in [0.2, 0.25) is 5.91 Å². The predicted molar refractivity (Wildman–Crippen MR) is 111 cm³/mol. The molecule has 1 aliphatic heterocycles. The van der Waals surface area contributed by atoms with E-state index in [2.05, 4.69) is 10.6 Å². The highest BCUT2D eigenvalue weighted by atomic mass is 35.5. The molecule has 0 unspecified atom stereocenters.